The minimum atomic E-state index is 0. The van der Waals surface area contributed by atoms with Crippen molar-refractivity contribution in [3.63, 3.8) is 0 Å². The molecule has 0 aromatic carbocycles. The van der Waals surface area contributed by atoms with E-state index in [4.69, 9.17) is 12.2 Å². The third kappa shape index (κ3) is 2.57. The highest BCUT2D eigenvalue weighted by atomic mass is 79.9. The number of rotatable bonds is 2. The molecule has 2 aromatic rings. The Hall–Kier alpha value is -0.880. The van der Waals surface area contributed by atoms with E-state index in [9.17, 15) is 0 Å². The minimum Gasteiger partial charge on any atom is -1.00 e. The summed E-state index contributed by atoms with van der Waals surface area (Å²) in [6.07, 6.45) is 10.0. The fourth-order valence-electron chi connectivity index (χ4n) is 1.38. The summed E-state index contributed by atoms with van der Waals surface area (Å²) in [5, 5.41) is 0. The van der Waals surface area contributed by atoms with Gasteiger partial charge < -0.3 is 21.5 Å². The lowest BCUT2D eigenvalue weighted by Gasteiger charge is -1.97. The zero-order valence-corrected chi connectivity index (χ0v) is 11.1. The third-order valence-corrected chi connectivity index (χ3v) is 2.68. The van der Waals surface area contributed by atoms with Crippen molar-refractivity contribution >= 4 is 12.2 Å². The van der Waals surface area contributed by atoms with Crippen molar-refractivity contribution in [3.8, 4) is 0 Å². The van der Waals surface area contributed by atoms with E-state index in [-0.39, 0.29) is 17.0 Å². The largest absolute Gasteiger partial charge is 1.00 e. The van der Waals surface area contributed by atoms with E-state index in [1.807, 2.05) is 58.9 Å². The van der Waals surface area contributed by atoms with Crippen molar-refractivity contribution in [3.05, 3.63) is 35.9 Å². The highest BCUT2D eigenvalue weighted by molar-refractivity contribution is 7.71. The van der Waals surface area contributed by atoms with Gasteiger partial charge in [0.15, 0.2) is 11.4 Å². The van der Waals surface area contributed by atoms with Crippen LogP contribution in [0, 0.1) is 4.77 Å². The smallest absolute Gasteiger partial charge is 0.245 e. The molecule has 0 radical (unpaired) electrons. The van der Waals surface area contributed by atoms with Crippen molar-refractivity contribution in [1.29, 1.82) is 0 Å². The van der Waals surface area contributed by atoms with Crippen LogP contribution in [0.1, 0.15) is 0 Å². The number of imidazole rings is 2. The molecule has 2 aromatic heterocycles. The molecule has 6 heteroatoms. The molecular formula is C9H13BrN4S. The van der Waals surface area contributed by atoms with Gasteiger partial charge in [0.25, 0.3) is 0 Å². The highest BCUT2D eigenvalue weighted by Crippen LogP contribution is 1.96. The van der Waals surface area contributed by atoms with Crippen molar-refractivity contribution in [2.45, 2.75) is 6.67 Å². The maximum absolute atomic E-state index is 5.24. The lowest BCUT2D eigenvalue weighted by Crippen LogP contribution is -3.00. The summed E-state index contributed by atoms with van der Waals surface area (Å²) in [7, 11) is 3.95. The van der Waals surface area contributed by atoms with Gasteiger partial charge >= 0.3 is 0 Å². The van der Waals surface area contributed by atoms with Crippen LogP contribution in [0.4, 0.5) is 0 Å². The Kier molecular flexibility index (Phi) is 3.87. The molecular weight excluding hydrogens is 276 g/mol. The molecule has 0 atom stereocenters. The zero-order chi connectivity index (χ0) is 10.1. The van der Waals surface area contributed by atoms with E-state index in [1.165, 1.54) is 0 Å². The molecule has 0 saturated heterocycles. The fourth-order valence-corrected chi connectivity index (χ4v) is 1.56. The highest BCUT2D eigenvalue weighted by Gasteiger charge is 2.02. The van der Waals surface area contributed by atoms with Crippen LogP contribution in [0.2, 0.25) is 0 Å². The Morgan fingerprint density at radius 3 is 2.53 bits per heavy atom. The molecule has 2 heterocycles. The van der Waals surface area contributed by atoms with Crippen LogP contribution in [-0.2, 0) is 20.8 Å². The van der Waals surface area contributed by atoms with Crippen LogP contribution >= 0.6 is 12.2 Å². The van der Waals surface area contributed by atoms with Gasteiger partial charge in [-0.15, -0.1) is 0 Å². The zero-order valence-electron chi connectivity index (χ0n) is 8.67. The van der Waals surface area contributed by atoms with Crippen LogP contribution in [0.5, 0.6) is 0 Å². The predicted octanol–water partition coefficient (Wildman–Crippen LogP) is -2.31. The molecule has 0 aliphatic rings. The SMILES string of the molecule is Cn1ccn(Cn2cc[n+](C)c2)c1=S.[Br-]. The second kappa shape index (κ2) is 4.76. The summed E-state index contributed by atoms with van der Waals surface area (Å²) in [4.78, 5) is 0. The Morgan fingerprint density at radius 1 is 1.33 bits per heavy atom. The summed E-state index contributed by atoms with van der Waals surface area (Å²) in [5.74, 6) is 0. The fraction of sp³-hybridized carbons (Fsp3) is 0.333. The topological polar surface area (TPSA) is 18.7 Å². The summed E-state index contributed by atoms with van der Waals surface area (Å²) >= 11 is 5.24. The lowest BCUT2D eigenvalue weighted by atomic mass is 10.8. The van der Waals surface area contributed by atoms with Crippen LogP contribution in [0.25, 0.3) is 0 Å². The van der Waals surface area contributed by atoms with Crippen LogP contribution in [0.15, 0.2) is 31.1 Å². The Labute approximate surface area is 104 Å². The van der Waals surface area contributed by atoms with Gasteiger partial charge in [0.05, 0.1) is 7.05 Å². The van der Waals surface area contributed by atoms with Gasteiger partial charge in [0, 0.05) is 19.4 Å². The van der Waals surface area contributed by atoms with Gasteiger partial charge in [-0.25, -0.2) is 9.13 Å². The van der Waals surface area contributed by atoms with Gasteiger partial charge in [-0.1, -0.05) is 0 Å². The Bertz CT molecular complexity index is 496. The maximum Gasteiger partial charge on any atom is 0.245 e. The molecule has 0 unspecified atom stereocenters. The van der Waals surface area contributed by atoms with Crippen molar-refractivity contribution in [1.82, 2.24) is 13.7 Å². The van der Waals surface area contributed by atoms with Gasteiger partial charge in [-0.05, 0) is 12.2 Å². The molecule has 82 valence electrons. The summed E-state index contributed by atoms with van der Waals surface area (Å²) in [6, 6.07) is 0. The van der Waals surface area contributed by atoms with E-state index in [0.29, 0.717) is 0 Å². The molecule has 0 fully saturated rings. The van der Waals surface area contributed by atoms with E-state index in [1.54, 1.807) is 0 Å². The summed E-state index contributed by atoms with van der Waals surface area (Å²) < 4.78 is 8.87. The summed E-state index contributed by atoms with van der Waals surface area (Å²) in [5.41, 5.74) is 0. The average Bonchev–Trinajstić information content (AvgIpc) is 2.67. The van der Waals surface area contributed by atoms with Crippen molar-refractivity contribution in [2.75, 3.05) is 0 Å². The number of aromatic nitrogens is 4. The molecule has 0 bridgehead atoms. The third-order valence-electron chi connectivity index (χ3n) is 2.16. The average molecular weight is 289 g/mol. The first-order chi connectivity index (χ1) is 6.66. The standard InChI is InChI=1S/C9H13N4S.BrH/c1-10-3-5-12(7-10)8-13-6-4-11(2)9(13)14;/h3-7H,8H2,1-2H3;1H/q+1;/p-1. The molecule has 0 aliphatic carbocycles. The van der Waals surface area contributed by atoms with E-state index < -0.39 is 0 Å². The number of halogens is 1. The minimum absolute atomic E-state index is 0. The lowest BCUT2D eigenvalue weighted by molar-refractivity contribution is -0.671. The molecule has 4 nitrogen and oxygen atoms in total. The number of hydrogen-bond acceptors (Lipinski definition) is 1. The van der Waals surface area contributed by atoms with Gasteiger partial charge in [-0.2, -0.15) is 0 Å². The number of hydrogen-bond donors (Lipinski definition) is 0. The first-order valence-corrected chi connectivity index (χ1v) is 4.80. The second-order valence-corrected chi connectivity index (χ2v) is 3.76. The molecule has 2 rings (SSSR count). The van der Waals surface area contributed by atoms with E-state index in [0.717, 1.165) is 11.4 Å². The van der Waals surface area contributed by atoms with Crippen LogP contribution in [-0.4, -0.2) is 13.7 Å². The maximum atomic E-state index is 5.24. The van der Waals surface area contributed by atoms with Crippen LogP contribution in [0.3, 0.4) is 0 Å². The van der Waals surface area contributed by atoms with E-state index in [2.05, 4.69) is 4.57 Å². The molecule has 0 saturated carbocycles. The predicted molar refractivity (Wildman–Crippen MR) is 55.2 cm³/mol. The molecule has 0 aliphatic heterocycles. The summed E-state index contributed by atoms with van der Waals surface area (Å²) in [6.45, 7) is 0.764. The normalized spacial score (nSPS) is 10.0. The first-order valence-electron chi connectivity index (χ1n) is 4.39. The molecule has 0 amide bonds. The monoisotopic (exact) mass is 288 g/mol. The van der Waals surface area contributed by atoms with Crippen molar-refractivity contribution < 1.29 is 21.5 Å². The number of nitrogens with zero attached hydrogens (tertiary/aromatic N) is 4. The van der Waals surface area contributed by atoms with Gasteiger partial charge in [0.1, 0.15) is 12.4 Å². The number of aryl methyl sites for hydroxylation is 2. The first kappa shape index (κ1) is 12.2. The second-order valence-electron chi connectivity index (χ2n) is 3.40. The van der Waals surface area contributed by atoms with Gasteiger partial charge in [-0.3, -0.25) is 4.57 Å². The van der Waals surface area contributed by atoms with Crippen molar-refractivity contribution in [2.24, 2.45) is 14.1 Å². The Morgan fingerprint density at radius 2 is 2.07 bits per heavy atom. The van der Waals surface area contributed by atoms with Crippen LogP contribution < -0.4 is 21.5 Å². The molecule has 15 heavy (non-hydrogen) atoms. The quantitative estimate of drug-likeness (QED) is 0.449. The van der Waals surface area contributed by atoms with Gasteiger partial charge in [0.2, 0.25) is 6.33 Å². The molecule has 0 spiro atoms. The van der Waals surface area contributed by atoms with E-state index >= 15 is 0 Å². The molecule has 0 N–H and O–H groups in total. The Balaban J connectivity index is 0.00000112.